The molecule has 3 nitrogen and oxygen atoms in total. The summed E-state index contributed by atoms with van der Waals surface area (Å²) in [5, 5.41) is 0. The van der Waals surface area contributed by atoms with Gasteiger partial charge < -0.3 is 9.64 Å². The minimum absolute atomic E-state index is 0.184. The normalized spacial score (nSPS) is 14.0. The van der Waals surface area contributed by atoms with Gasteiger partial charge >= 0.3 is 0 Å². The Labute approximate surface area is 150 Å². The molecule has 0 fully saturated rings. The van der Waals surface area contributed by atoms with E-state index in [0.717, 1.165) is 11.3 Å². The SMILES string of the molecule is CCC(=O)N1CCOc2c(cc(-c3ccccc3C)cc2C(C)C)C1. The summed E-state index contributed by atoms with van der Waals surface area (Å²) in [4.78, 5) is 14.1. The smallest absolute Gasteiger partial charge is 0.222 e. The van der Waals surface area contributed by atoms with Crippen LogP contribution in [0.5, 0.6) is 5.75 Å². The van der Waals surface area contributed by atoms with Gasteiger partial charge in [-0.1, -0.05) is 45.0 Å². The van der Waals surface area contributed by atoms with Gasteiger partial charge in [0.2, 0.25) is 5.91 Å². The van der Waals surface area contributed by atoms with Gasteiger partial charge in [0, 0.05) is 18.5 Å². The fraction of sp³-hybridized carbons (Fsp3) is 0.409. The maximum absolute atomic E-state index is 12.2. The number of aryl methyl sites for hydroxylation is 1. The molecular formula is C22H27NO2. The number of ether oxygens (including phenoxy) is 1. The summed E-state index contributed by atoms with van der Waals surface area (Å²) in [6.45, 7) is 10.3. The molecule has 1 aliphatic heterocycles. The van der Waals surface area contributed by atoms with Crippen LogP contribution in [0.25, 0.3) is 11.1 Å². The standard InChI is InChI=1S/C22H27NO2/c1-5-21(24)23-10-11-25-22-18(14-23)12-17(13-20(22)15(2)3)19-9-7-6-8-16(19)4/h6-9,12-13,15H,5,10-11,14H2,1-4H3. The van der Waals surface area contributed by atoms with Crippen LogP contribution in [0.15, 0.2) is 36.4 Å². The quantitative estimate of drug-likeness (QED) is 0.796. The first-order chi connectivity index (χ1) is 12.0. The van der Waals surface area contributed by atoms with E-state index in [1.807, 2.05) is 11.8 Å². The molecule has 132 valence electrons. The van der Waals surface area contributed by atoms with Gasteiger partial charge in [0.05, 0.1) is 6.54 Å². The van der Waals surface area contributed by atoms with E-state index >= 15 is 0 Å². The van der Waals surface area contributed by atoms with Crippen LogP contribution < -0.4 is 4.74 Å². The molecule has 0 radical (unpaired) electrons. The number of hydrogen-bond donors (Lipinski definition) is 0. The lowest BCUT2D eigenvalue weighted by molar-refractivity contribution is -0.131. The molecule has 0 saturated carbocycles. The predicted molar refractivity (Wildman–Crippen MR) is 102 cm³/mol. The maximum atomic E-state index is 12.2. The van der Waals surface area contributed by atoms with Gasteiger partial charge in [0.1, 0.15) is 12.4 Å². The molecule has 0 atom stereocenters. The summed E-state index contributed by atoms with van der Waals surface area (Å²) < 4.78 is 6.09. The minimum atomic E-state index is 0.184. The van der Waals surface area contributed by atoms with Crippen molar-refractivity contribution in [3.8, 4) is 16.9 Å². The van der Waals surface area contributed by atoms with E-state index in [1.54, 1.807) is 0 Å². The highest BCUT2D eigenvalue weighted by Crippen LogP contribution is 2.37. The molecule has 0 N–H and O–H groups in total. The van der Waals surface area contributed by atoms with Gasteiger partial charge in [-0.3, -0.25) is 4.79 Å². The van der Waals surface area contributed by atoms with Gasteiger partial charge in [0.15, 0.2) is 0 Å². The van der Waals surface area contributed by atoms with Gasteiger partial charge in [-0.2, -0.15) is 0 Å². The highest BCUT2D eigenvalue weighted by Gasteiger charge is 2.23. The van der Waals surface area contributed by atoms with Crippen molar-refractivity contribution in [2.45, 2.75) is 46.6 Å². The highest BCUT2D eigenvalue weighted by atomic mass is 16.5. The van der Waals surface area contributed by atoms with Crippen molar-refractivity contribution >= 4 is 5.91 Å². The number of benzene rings is 2. The van der Waals surface area contributed by atoms with E-state index in [1.165, 1.54) is 22.3 Å². The van der Waals surface area contributed by atoms with E-state index in [4.69, 9.17) is 4.74 Å². The van der Waals surface area contributed by atoms with Crippen molar-refractivity contribution in [2.75, 3.05) is 13.2 Å². The summed E-state index contributed by atoms with van der Waals surface area (Å²) in [5.41, 5.74) is 6.04. The number of fused-ring (bicyclic) bond motifs is 1. The number of carbonyl (C=O) groups is 1. The second kappa shape index (κ2) is 7.30. The van der Waals surface area contributed by atoms with Gasteiger partial charge in [-0.05, 0) is 47.2 Å². The zero-order valence-corrected chi connectivity index (χ0v) is 15.6. The molecule has 1 heterocycles. The van der Waals surface area contributed by atoms with Crippen LogP contribution in [-0.2, 0) is 11.3 Å². The number of nitrogens with zero attached hydrogens (tertiary/aromatic N) is 1. The second-order valence-electron chi connectivity index (χ2n) is 7.04. The minimum Gasteiger partial charge on any atom is -0.491 e. The van der Waals surface area contributed by atoms with E-state index in [0.29, 0.717) is 32.0 Å². The Bertz CT molecular complexity index is 780. The first-order valence-corrected chi connectivity index (χ1v) is 9.14. The van der Waals surface area contributed by atoms with Crippen molar-refractivity contribution in [1.82, 2.24) is 4.90 Å². The Hall–Kier alpha value is -2.29. The van der Waals surface area contributed by atoms with Crippen LogP contribution in [0.1, 0.15) is 49.8 Å². The molecule has 3 rings (SSSR count). The topological polar surface area (TPSA) is 29.5 Å². The van der Waals surface area contributed by atoms with E-state index in [-0.39, 0.29) is 5.91 Å². The van der Waals surface area contributed by atoms with E-state index < -0.39 is 0 Å². The van der Waals surface area contributed by atoms with Gasteiger partial charge in [0.25, 0.3) is 0 Å². The van der Waals surface area contributed by atoms with Crippen LogP contribution in [0.3, 0.4) is 0 Å². The molecule has 0 aromatic heterocycles. The zero-order chi connectivity index (χ0) is 18.0. The maximum Gasteiger partial charge on any atom is 0.222 e. The summed E-state index contributed by atoms with van der Waals surface area (Å²) in [6, 6.07) is 12.9. The monoisotopic (exact) mass is 337 g/mol. The number of rotatable bonds is 3. The second-order valence-corrected chi connectivity index (χ2v) is 7.04. The third-order valence-electron chi connectivity index (χ3n) is 4.90. The predicted octanol–water partition coefficient (Wildman–Crippen LogP) is 4.92. The molecule has 0 spiro atoms. The largest absolute Gasteiger partial charge is 0.491 e. The Balaban J connectivity index is 2.12. The summed E-state index contributed by atoms with van der Waals surface area (Å²) >= 11 is 0. The third kappa shape index (κ3) is 3.55. The molecule has 2 aromatic rings. The fourth-order valence-electron chi connectivity index (χ4n) is 3.47. The van der Waals surface area contributed by atoms with Crippen molar-refractivity contribution in [3.05, 3.63) is 53.1 Å². The Kier molecular flexibility index (Phi) is 5.12. The van der Waals surface area contributed by atoms with Crippen LogP contribution >= 0.6 is 0 Å². The molecule has 2 aromatic carbocycles. The van der Waals surface area contributed by atoms with Gasteiger partial charge in [-0.15, -0.1) is 0 Å². The van der Waals surface area contributed by atoms with Crippen molar-refractivity contribution in [3.63, 3.8) is 0 Å². The van der Waals surface area contributed by atoms with Gasteiger partial charge in [-0.25, -0.2) is 0 Å². The van der Waals surface area contributed by atoms with Crippen LogP contribution in [-0.4, -0.2) is 24.0 Å². The third-order valence-corrected chi connectivity index (χ3v) is 4.90. The fourth-order valence-corrected chi connectivity index (χ4v) is 3.47. The number of hydrogen-bond acceptors (Lipinski definition) is 2. The van der Waals surface area contributed by atoms with Crippen LogP contribution in [0, 0.1) is 6.92 Å². The average molecular weight is 337 g/mol. The summed E-state index contributed by atoms with van der Waals surface area (Å²) in [6.07, 6.45) is 0.532. The first kappa shape index (κ1) is 17.5. The molecule has 3 heteroatoms. The molecule has 0 aliphatic carbocycles. The lowest BCUT2D eigenvalue weighted by Crippen LogP contribution is -2.31. The molecule has 0 saturated heterocycles. The molecule has 0 unspecified atom stereocenters. The van der Waals surface area contributed by atoms with Crippen LogP contribution in [0.4, 0.5) is 0 Å². The number of carbonyl (C=O) groups excluding carboxylic acids is 1. The van der Waals surface area contributed by atoms with Crippen LogP contribution in [0.2, 0.25) is 0 Å². The van der Waals surface area contributed by atoms with E-state index in [2.05, 4.69) is 57.2 Å². The summed E-state index contributed by atoms with van der Waals surface area (Å²) in [7, 11) is 0. The Morgan fingerprint density at radius 2 is 2.00 bits per heavy atom. The Morgan fingerprint density at radius 1 is 1.24 bits per heavy atom. The Morgan fingerprint density at radius 3 is 2.68 bits per heavy atom. The molecular weight excluding hydrogens is 310 g/mol. The first-order valence-electron chi connectivity index (χ1n) is 9.14. The lowest BCUT2D eigenvalue weighted by Gasteiger charge is -2.21. The highest BCUT2D eigenvalue weighted by molar-refractivity contribution is 5.76. The summed E-state index contributed by atoms with van der Waals surface area (Å²) in [5.74, 6) is 1.52. The molecule has 0 bridgehead atoms. The molecule has 25 heavy (non-hydrogen) atoms. The number of amides is 1. The lowest BCUT2D eigenvalue weighted by atomic mass is 9.91. The molecule has 1 aliphatic rings. The van der Waals surface area contributed by atoms with Crippen molar-refractivity contribution < 1.29 is 9.53 Å². The zero-order valence-electron chi connectivity index (χ0n) is 15.6. The molecule has 1 amide bonds. The van der Waals surface area contributed by atoms with E-state index in [9.17, 15) is 4.79 Å². The van der Waals surface area contributed by atoms with Crippen molar-refractivity contribution in [1.29, 1.82) is 0 Å². The average Bonchev–Trinajstić information content (AvgIpc) is 2.82. The van der Waals surface area contributed by atoms with Crippen molar-refractivity contribution in [2.24, 2.45) is 0 Å².